The van der Waals surface area contributed by atoms with E-state index in [1.54, 1.807) is 48.7 Å². The van der Waals surface area contributed by atoms with Crippen LogP contribution in [0, 0.1) is 5.82 Å². The first kappa shape index (κ1) is 18.3. The molecule has 3 rings (SSSR count). The Labute approximate surface area is 156 Å². The smallest absolute Gasteiger partial charge is 0.337 e. The summed E-state index contributed by atoms with van der Waals surface area (Å²) in [6.45, 7) is 0.547. The normalized spacial score (nSPS) is 10.3. The molecular formula is C20H19FN4O2. The number of ether oxygens (including phenoxy) is 1. The number of carbonyl (C=O) groups excluding carboxylic acids is 1. The van der Waals surface area contributed by atoms with Crippen molar-refractivity contribution in [1.82, 2.24) is 9.97 Å². The molecule has 0 amide bonds. The number of rotatable bonds is 7. The van der Waals surface area contributed by atoms with E-state index < -0.39 is 0 Å². The Bertz CT molecular complexity index is 916. The summed E-state index contributed by atoms with van der Waals surface area (Å²) in [5.41, 5.74) is 1.86. The van der Waals surface area contributed by atoms with Gasteiger partial charge in [0, 0.05) is 18.4 Å². The molecule has 0 fully saturated rings. The summed E-state index contributed by atoms with van der Waals surface area (Å²) in [4.78, 5) is 20.0. The average molecular weight is 366 g/mol. The molecule has 0 radical (unpaired) electrons. The van der Waals surface area contributed by atoms with Crippen LogP contribution in [0.25, 0.3) is 0 Å². The fourth-order valence-electron chi connectivity index (χ4n) is 2.48. The quantitative estimate of drug-likeness (QED) is 0.620. The number of methoxy groups -OCH3 is 1. The van der Waals surface area contributed by atoms with Crippen molar-refractivity contribution in [2.24, 2.45) is 0 Å². The lowest BCUT2D eigenvalue weighted by Gasteiger charge is -2.09. The lowest BCUT2D eigenvalue weighted by atomic mass is 10.1. The molecule has 0 aliphatic carbocycles. The molecule has 0 saturated carbocycles. The zero-order valence-corrected chi connectivity index (χ0v) is 14.8. The van der Waals surface area contributed by atoms with E-state index in [4.69, 9.17) is 0 Å². The maximum Gasteiger partial charge on any atom is 0.337 e. The third-order valence-electron chi connectivity index (χ3n) is 3.88. The molecule has 1 aromatic heterocycles. The van der Waals surface area contributed by atoms with Crippen molar-refractivity contribution in [3.63, 3.8) is 0 Å². The van der Waals surface area contributed by atoms with E-state index >= 15 is 0 Å². The van der Waals surface area contributed by atoms with Gasteiger partial charge in [0.05, 0.1) is 12.7 Å². The number of halogens is 1. The Morgan fingerprint density at radius 1 is 1.11 bits per heavy atom. The molecular weight excluding hydrogens is 347 g/mol. The van der Waals surface area contributed by atoms with Crippen molar-refractivity contribution in [2.75, 3.05) is 24.3 Å². The topological polar surface area (TPSA) is 76.1 Å². The molecule has 0 unspecified atom stereocenters. The van der Waals surface area contributed by atoms with Crippen LogP contribution in [-0.2, 0) is 11.2 Å². The van der Waals surface area contributed by atoms with Crippen LogP contribution in [0.3, 0.4) is 0 Å². The van der Waals surface area contributed by atoms with Crippen molar-refractivity contribution < 1.29 is 13.9 Å². The summed E-state index contributed by atoms with van der Waals surface area (Å²) < 4.78 is 18.3. The minimum absolute atomic E-state index is 0.209. The van der Waals surface area contributed by atoms with Crippen molar-refractivity contribution in [2.45, 2.75) is 6.42 Å². The number of nitrogens with zero attached hydrogens (tertiary/aromatic N) is 2. The molecule has 6 nitrogen and oxygen atoms in total. The molecule has 0 aliphatic rings. The van der Waals surface area contributed by atoms with Gasteiger partial charge in [-0.1, -0.05) is 18.2 Å². The first-order valence-corrected chi connectivity index (χ1v) is 8.41. The summed E-state index contributed by atoms with van der Waals surface area (Å²) in [5, 5.41) is 6.23. The highest BCUT2D eigenvalue weighted by molar-refractivity contribution is 5.89. The first-order valence-electron chi connectivity index (χ1n) is 8.41. The third-order valence-corrected chi connectivity index (χ3v) is 3.88. The Balaban J connectivity index is 1.58. The number of esters is 1. The predicted octanol–water partition coefficient (Wildman–Crippen LogP) is 3.80. The van der Waals surface area contributed by atoms with Gasteiger partial charge in [-0.3, -0.25) is 0 Å². The number of nitrogens with one attached hydrogen (secondary N) is 2. The van der Waals surface area contributed by atoms with Gasteiger partial charge in [-0.2, -0.15) is 4.98 Å². The molecule has 27 heavy (non-hydrogen) atoms. The van der Waals surface area contributed by atoms with Gasteiger partial charge in [-0.15, -0.1) is 0 Å². The van der Waals surface area contributed by atoms with E-state index in [-0.39, 0.29) is 11.8 Å². The summed E-state index contributed by atoms with van der Waals surface area (Å²) in [5.74, 6) is 0.449. The van der Waals surface area contributed by atoms with Gasteiger partial charge in [0.1, 0.15) is 11.6 Å². The molecule has 3 aromatic rings. The molecule has 0 saturated heterocycles. The molecule has 0 aliphatic heterocycles. The zero-order chi connectivity index (χ0) is 19.1. The van der Waals surface area contributed by atoms with Crippen LogP contribution in [0.5, 0.6) is 0 Å². The van der Waals surface area contributed by atoms with Crippen LogP contribution < -0.4 is 10.6 Å². The van der Waals surface area contributed by atoms with E-state index in [9.17, 15) is 9.18 Å². The van der Waals surface area contributed by atoms with Gasteiger partial charge >= 0.3 is 5.97 Å². The second-order valence-electron chi connectivity index (χ2n) is 5.73. The van der Waals surface area contributed by atoms with Crippen LogP contribution in [-0.4, -0.2) is 29.6 Å². The fourth-order valence-corrected chi connectivity index (χ4v) is 2.48. The molecule has 2 aromatic carbocycles. The maximum atomic E-state index is 13.6. The van der Waals surface area contributed by atoms with Crippen LogP contribution in [0.4, 0.5) is 21.8 Å². The van der Waals surface area contributed by atoms with Crippen molar-refractivity contribution in [3.05, 3.63) is 77.7 Å². The van der Waals surface area contributed by atoms with E-state index in [2.05, 4.69) is 25.3 Å². The average Bonchev–Trinajstić information content (AvgIpc) is 2.70. The van der Waals surface area contributed by atoms with E-state index in [1.165, 1.54) is 13.2 Å². The predicted molar refractivity (Wildman–Crippen MR) is 102 cm³/mol. The molecule has 0 bridgehead atoms. The monoisotopic (exact) mass is 366 g/mol. The number of aromatic nitrogens is 2. The third kappa shape index (κ3) is 5.01. The second kappa shape index (κ2) is 8.75. The van der Waals surface area contributed by atoms with Gasteiger partial charge < -0.3 is 15.4 Å². The molecule has 7 heteroatoms. The van der Waals surface area contributed by atoms with Crippen molar-refractivity contribution in [1.29, 1.82) is 0 Å². The number of carbonyl (C=O) groups is 1. The minimum Gasteiger partial charge on any atom is -0.465 e. The Morgan fingerprint density at radius 3 is 2.63 bits per heavy atom. The standard InChI is InChI=1S/C20H19FN4O2/c1-27-19(26)15-6-8-16(9-7-15)24-20-23-13-11-18(25-20)22-12-10-14-4-2-3-5-17(14)21/h2-9,11,13H,10,12H2,1H3,(H2,22,23,24,25). The van der Waals surface area contributed by atoms with Gasteiger partial charge in [-0.25, -0.2) is 14.2 Å². The van der Waals surface area contributed by atoms with E-state index in [0.717, 1.165) is 5.69 Å². The van der Waals surface area contributed by atoms with Crippen LogP contribution in [0.15, 0.2) is 60.8 Å². The van der Waals surface area contributed by atoms with Gasteiger partial charge in [-0.05, 0) is 48.4 Å². The minimum atomic E-state index is -0.390. The summed E-state index contributed by atoms with van der Waals surface area (Å²) in [6.07, 6.45) is 2.18. The molecule has 2 N–H and O–H groups in total. The maximum absolute atomic E-state index is 13.6. The number of anilines is 3. The Hall–Kier alpha value is -3.48. The second-order valence-corrected chi connectivity index (χ2v) is 5.73. The van der Waals surface area contributed by atoms with Gasteiger partial charge in [0.25, 0.3) is 0 Å². The van der Waals surface area contributed by atoms with Crippen molar-refractivity contribution >= 4 is 23.4 Å². The summed E-state index contributed by atoms with van der Waals surface area (Å²) >= 11 is 0. The SMILES string of the molecule is COC(=O)c1ccc(Nc2nccc(NCCc3ccccc3F)n2)cc1. The number of hydrogen-bond donors (Lipinski definition) is 2. The molecule has 0 atom stereocenters. The van der Waals surface area contributed by atoms with E-state index in [0.29, 0.717) is 35.9 Å². The molecule has 0 spiro atoms. The largest absolute Gasteiger partial charge is 0.465 e. The van der Waals surface area contributed by atoms with E-state index in [1.807, 2.05) is 6.07 Å². The fraction of sp³-hybridized carbons (Fsp3) is 0.150. The first-order chi connectivity index (χ1) is 13.2. The van der Waals surface area contributed by atoms with Crippen molar-refractivity contribution in [3.8, 4) is 0 Å². The highest BCUT2D eigenvalue weighted by Gasteiger charge is 2.06. The van der Waals surface area contributed by atoms with Gasteiger partial charge in [0.15, 0.2) is 0 Å². The lowest BCUT2D eigenvalue weighted by molar-refractivity contribution is 0.0601. The summed E-state index contributed by atoms with van der Waals surface area (Å²) in [7, 11) is 1.34. The molecule has 1 heterocycles. The number of hydrogen-bond acceptors (Lipinski definition) is 6. The van der Waals surface area contributed by atoms with Crippen LogP contribution >= 0.6 is 0 Å². The van der Waals surface area contributed by atoms with Crippen LogP contribution in [0.2, 0.25) is 0 Å². The summed E-state index contributed by atoms with van der Waals surface area (Å²) in [6, 6.07) is 15.3. The van der Waals surface area contributed by atoms with Crippen LogP contribution in [0.1, 0.15) is 15.9 Å². The van der Waals surface area contributed by atoms with Gasteiger partial charge in [0.2, 0.25) is 5.95 Å². The Morgan fingerprint density at radius 2 is 1.89 bits per heavy atom. The highest BCUT2D eigenvalue weighted by atomic mass is 19.1. The number of benzene rings is 2. The Kier molecular flexibility index (Phi) is 5.94. The lowest BCUT2D eigenvalue weighted by Crippen LogP contribution is -2.08. The highest BCUT2D eigenvalue weighted by Crippen LogP contribution is 2.16. The zero-order valence-electron chi connectivity index (χ0n) is 14.8. The molecule has 138 valence electrons.